The largest absolute Gasteiger partial charge is 0.492 e. The number of nitrogens with two attached hydrogens (primary N) is 1. The fraction of sp³-hybridized carbons (Fsp3) is 0.278. The van der Waals surface area contributed by atoms with E-state index in [1.165, 1.54) is 17.3 Å². The van der Waals surface area contributed by atoms with Crippen molar-refractivity contribution < 1.29 is 4.74 Å². The second kappa shape index (κ2) is 8.49. The molecular formula is C18H22N2OS. The van der Waals surface area contributed by atoms with Crippen molar-refractivity contribution in [1.82, 2.24) is 0 Å². The number of ether oxygens (including phenoxy) is 1. The van der Waals surface area contributed by atoms with Gasteiger partial charge in [0.1, 0.15) is 5.75 Å². The number of para-hydroxylation sites is 1. The maximum Gasteiger partial charge on any atom is 0.154 e. The fourth-order valence-electron chi connectivity index (χ4n) is 2.05. The van der Waals surface area contributed by atoms with E-state index in [0.29, 0.717) is 11.8 Å². The van der Waals surface area contributed by atoms with Gasteiger partial charge in [0.05, 0.1) is 12.6 Å². The van der Waals surface area contributed by atoms with E-state index in [1.807, 2.05) is 56.3 Å². The zero-order valence-electron chi connectivity index (χ0n) is 13.0. The minimum Gasteiger partial charge on any atom is -0.492 e. The predicted molar refractivity (Wildman–Crippen MR) is 95.6 cm³/mol. The molecule has 0 unspecified atom stereocenters. The molecule has 116 valence electrons. The number of aliphatic imine (C=N–C) groups is 1. The van der Waals surface area contributed by atoms with Crippen LogP contribution in [0.1, 0.15) is 24.1 Å². The van der Waals surface area contributed by atoms with Crippen LogP contribution in [-0.2, 0) is 0 Å². The third-order valence-corrected chi connectivity index (χ3v) is 4.06. The minimum absolute atomic E-state index is 0.0750. The number of rotatable bonds is 6. The summed E-state index contributed by atoms with van der Waals surface area (Å²) in [5.74, 6) is 1.71. The van der Waals surface area contributed by atoms with Gasteiger partial charge in [0.2, 0.25) is 0 Å². The van der Waals surface area contributed by atoms with Gasteiger partial charge in [-0.15, -0.1) is 0 Å². The summed E-state index contributed by atoms with van der Waals surface area (Å²) in [5.41, 5.74) is 8.29. The summed E-state index contributed by atoms with van der Waals surface area (Å²) in [7, 11) is 0. The number of amidine groups is 1. The Labute approximate surface area is 136 Å². The molecule has 0 aromatic heterocycles. The van der Waals surface area contributed by atoms with Crippen LogP contribution in [0.4, 0.5) is 0 Å². The number of aryl methyl sites for hydroxylation is 1. The van der Waals surface area contributed by atoms with Gasteiger partial charge in [-0.3, -0.25) is 4.99 Å². The maximum atomic E-state index is 5.98. The molecule has 0 amide bonds. The molecule has 3 nitrogen and oxygen atoms in total. The molecule has 2 rings (SSSR count). The van der Waals surface area contributed by atoms with E-state index in [4.69, 9.17) is 10.5 Å². The van der Waals surface area contributed by atoms with Gasteiger partial charge in [-0.05, 0) is 31.0 Å². The lowest BCUT2D eigenvalue weighted by Gasteiger charge is -2.10. The average molecular weight is 314 g/mol. The van der Waals surface area contributed by atoms with Gasteiger partial charge < -0.3 is 10.5 Å². The van der Waals surface area contributed by atoms with Crippen LogP contribution < -0.4 is 10.5 Å². The Kier molecular flexibility index (Phi) is 6.34. The summed E-state index contributed by atoms with van der Waals surface area (Å²) < 4.78 is 5.75. The van der Waals surface area contributed by atoms with E-state index in [1.54, 1.807) is 0 Å². The molecule has 1 atom stereocenters. The number of thioether (sulfide) groups is 1. The molecule has 0 saturated heterocycles. The van der Waals surface area contributed by atoms with Gasteiger partial charge in [-0.25, -0.2) is 0 Å². The van der Waals surface area contributed by atoms with Crippen LogP contribution in [0.15, 0.2) is 59.6 Å². The molecule has 2 aromatic carbocycles. The lowest BCUT2D eigenvalue weighted by molar-refractivity contribution is 0.342. The van der Waals surface area contributed by atoms with Crippen LogP contribution >= 0.6 is 11.8 Å². The van der Waals surface area contributed by atoms with Gasteiger partial charge in [0.15, 0.2) is 5.17 Å². The molecule has 0 fully saturated rings. The Morgan fingerprint density at radius 3 is 2.55 bits per heavy atom. The molecule has 0 saturated carbocycles. The molecule has 22 heavy (non-hydrogen) atoms. The van der Waals surface area contributed by atoms with Crippen LogP contribution in [0.2, 0.25) is 0 Å². The van der Waals surface area contributed by atoms with Gasteiger partial charge >= 0.3 is 0 Å². The highest BCUT2D eigenvalue weighted by atomic mass is 32.2. The molecule has 0 radical (unpaired) electrons. The Hall–Kier alpha value is -1.94. The first-order chi connectivity index (χ1) is 10.7. The third-order valence-electron chi connectivity index (χ3n) is 3.29. The van der Waals surface area contributed by atoms with Gasteiger partial charge in [-0.1, -0.05) is 60.3 Å². The SMILES string of the molecule is Cc1ccccc1OCCSC(N)=N[C@H](C)c1ccccc1. The molecule has 2 N–H and O–H groups in total. The number of nitrogens with zero attached hydrogens (tertiary/aromatic N) is 1. The standard InChI is InChI=1S/C18H22N2OS/c1-14-8-6-7-11-17(14)21-12-13-22-18(19)20-15(2)16-9-4-3-5-10-16/h3-11,15H,12-13H2,1-2H3,(H2,19,20)/t15-/m1/s1. The number of hydrogen-bond acceptors (Lipinski definition) is 3. The van der Waals surface area contributed by atoms with Crippen LogP contribution in [0.25, 0.3) is 0 Å². The van der Waals surface area contributed by atoms with E-state index < -0.39 is 0 Å². The Morgan fingerprint density at radius 1 is 1.14 bits per heavy atom. The molecule has 0 aliphatic rings. The van der Waals surface area contributed by atoms with Crippen molar-refractivity contribution in [3.8, 4) is 5.75 Å². The molecule has 0 spiro atoms. The monoisotopic (exact) mass is 314 g/mol. The Morgan fingerprint density at radius 2 is 1.82 bits per heavy atom. The quantitative estimate of drug-likeness (QED) is 0.494. The molecule has 0 bridgehead atoms. The van der Waals surface area contributed by atoms with Gasteiger partial charge in [-0.2, -0.15) is 0 Å². The van der Waals surface area contributed by atoms with E-state index in [0.717, 1.165) is 17.1 Å². The number of hydrogen-bond donors (Lipinski definition) is 1. The lowest BCUT2D eigenvalue weighted by Crippen LogP contribution is -2.12. The first-order valence-corrected chi connectivity index (χ1v) is 8.35. The Balaban J connectivity index is 1.77. The minimum atomic E-state index is 0.0750. The summed E-state index contributed by atoms with van der Waals surface area (Å²) >= 11 is 1.53. The van der Waals surface area contributed by atoms with Crippen molar-refractivity contribution in [3.05, 3.63) is 65.7 Å². The summed E-state index contributed by atoms with van der Waals surface area (Å²) in [5, 5.41) is 0.602. The lowest BCUT2D eigenvalue weighted by atomic mass is 10.1. The van der Waals surface area contributed by atoms with Gasteiger partial charge in [0, 0.05) is 5.75 Å². The third kappa shape index (κ3) is 5.11. The summed E-state index contributed by atoms with van der Waals surface area (Å²) in [6.07, 6.45) is 0. The van der Waals surface area contributed by atoms with Crippen LogP contribution in [0.3, 0.4) is 0 Å². The molecular weight excluding hydrogens is 292 g/mol. The molecule has 2 aromatic rings. The van der Waals surface area contributed by atoms with Crippen molar-refractivity contribution in [2.45, 2.75) is 19.9 Å². The molecule has 0 aliphatic carbocycles. The second-order valence-corrected chi connectivity index (χ2v) is 6.13. The van der Waals surface area contributed by atoms with E-state index in [-0.39, 0.29) is 6.04 Å². The second-order valence-electron chi connectivity index (χ2n) is 5.02. The summed E-state index contributed by atoms with van der Waals surface area (Å²) in [6, 6.07) is 18.2. The van der Waals surface area contributed by atoms with E-state index in [9.17, 15) is 0 Å². The highest BCUT2D eigenvalue weighted by molar-refractivity contribution is 8.13. The van der Waals surface area contributed by atoms with Crippen LogP contribution in [0, 0.1) is 6.92 Å². The molecule has 4 heteroatoms. The number of benzene rings is 2. The Bertz CT molecular complexity index is 613. The molecule has 0 aliphatic heterocycles. The van der Waals surface area contributed by atoms with E-state index in [2.05, 4.69) is 17.1 Å². The van der Waals surface area contributed by atoms with Crippen molar-refractivity contribution >= 4 is 16.9 Å². The van der Waals surface area contributed by atoms with Crippen molar-refractivity contribution in [2.75, 3.05) is 12.4 Å². The van der Waals surface area contributed by atoms with E-state index >= 15 is 0 Å². The van der Waals surface area contributed by atoms with Crippen LogP contribution in [0.5, 0.6) is 5.75 Å². The average Bonchev–Trinajstić information content (AvgIpc) is 2.54. The van der Waals surface area contributed by atoms with Crippen LogP contribution in [-0.4, -0.2) is 17.5 Å². The van der Waals surface area contributed by atoms with Crippen molar-refractivity contribution in [3.63, 3.8) is 0 Å². The first-order valence-electron chi connectivity index (χ1n) is 7.36. The molecule has 0 heterocycles. The maximum absolute atomic E-state index is 5.98. The van der Waals surface area contributed by atoms with Gasteiger partial charge in [0.25, 0.3) is 0 Å². The zero-order valence-corrected chi connectivity index (χ0v) is 13.8. The summed E-state index contributed by atoms with van der Waals surface area (Å²) in [6.45, 7) is 4.71. The topological polar surface area (TPSA) is 47.6 Å². The summed E-state index contributed by atoms with van der Waals surface area (Å²) in [4.78, 5) is 4.51. The predicted octanol–water partition coefficient (Wildman–Crippen LogP) is 4.18. The highest BCUT2D eigenvalue weighted by Gasteiger charge is 2.04. The normalized spacial score (nSPS) is 12.9. The fourth-order valence-corrected chi connectivity index (χ4v) is 2.66. The van der Waals surface area contributed by atoms with Crippen molar-refractivity contribution in [2.24, 2.45) is 10.7 Å². The highest BCUT2D eigenvalue weighted by Crippen LogP contribution is 2.18. The first kappa shape index (κ1) is 16.4. The zero-order chi connectivity index (χ0) is 15.8. The smallest absolute Gasteiger partial charge is 0.154 e. The van der Waals surface area contributed by atoms with Crippen molar-refractivity contribution in [1.29, 1.82) is 0 Å².